The Hall–Kier alpha value is -3.29. The molecule has 150 valence electrons. The number of carbonyl (C=O) groups excluding carboxylic acids is 1. The van der Waals surface area contributed by atoms with E-state index in [1.807, 2.05) is 24.3 Å². The zero-order valence-corrected chi connectivity index (χ0v) is 17.9. The van der Waals surface area contributed by atoms with Crippen molar-refractivity contribution < 1.29 is 4.79 Å². The van der Waals surface area contributed by atoms with Gasteiger partial charge in [0.2, 0.25) is 0 Å². The number of anilines is 2. The molecule has 0 fully saturated rings. The molecule has 0 saturated carbocycles. The van der Waals surface area contributed by atoms with Crippen LogP contribution in [-0.4, -0.2) is 22.1 Å². The number of amides is 1. The summed E-state index contributed by atoms with van der Waals surface area (Å²) in [6, 6.07) is 14.3. The molecule has 4 rings (SSSR count). The minimum absolute atomic E-state index is 0.264. The first kappa shape index (κ1) is 20.0. The first-order valence-electron chi connectivity index (χ1n) is 9.18. The highest BCUT2D eigenvalue weighted by Crippen LogP contribution is 2.32. The number of carbonyl (C=O) groups is 1. The smallest absolute Gasteiger partial charge is 0.257 e. The summed E-state index contributed by atoms with van der Waals surface area (Å²) in [5, 5.41) is 8.56. The van der Waals surface area contributed by atoms with Crippen LogP contribution in [0.2, 0.25) is 5.02 Å². The van der Waals surface area contributed by atoms with E-state index in [9.17, 15) is 4.79 Å². The standard InChI is InChI=1S/C22H18ClN5OS/c1-13-14(2)30-22-19(13)20(24-12-25-22)28-26-11-15-6-5-7-16(10-15)27-21(29)17-8-3-4-9-18(17)23/h3-12H,1-2H3,(H,27,29)(H,24,25,28)/b26-11-. The van der Waals surface area contributed by atoms with E-state index in [4.69, 9.17) is 11.6 Å². The van der Waals surface area contributed by atoms with Crippen LogP contribution in [-0.2, 0) is 0 Å². The van der Waals surface area contributed by atoms with Crippen LogP contribution in [0.3, 0.4) is 0 Å². The molecule has 6 nitrogen and oxygen atoms in total. The van der Waals surface area contributed by atoms with E-state index in [0.717, 1.165) is 21.3 Å². The predicted molar refractivity (Wildman–Crippen MR) is 124 cm³/mol. The zero-order valence-electron chi connectivity index (χ0n) is 16.3. The number of thiophene rings is 1. The summed E-state index contributed by atoms with van der Waals surface area (Å²) >= 11 is 7.73. The Balaban J connectivity index is 1.49. The molecule has 0 bridgehead atoms. The average molecular weight is 436 g/mol. The quantitative estimate of drug-likeness (QED) is 0.313. The number of aromatic nitrogens is 2. The highest BCUT2D eigenvalue weighted by atomic mass is 35.5. The predicted octanol–water partition coefficient (Wildman–Crippen LogP) is 5.66. The molecule has 0 radical (unpaired) electrons. The normalized spacial score (nSPS) is 11.2. The molecule has 0 aliphatic heterocycles. The van der Waals surface area contributed by atoms with Crippen LogP contribution in [0.1, 0.15) is 26.4 Å². The molecular formula is C22H18ClN5OS. The SMILES string of the molecule is Cc1sc2ncnc(N/N=C\c3cccc(NC(=O)c4ccccc4Cl)c3)c2c1C. The number of hydrazone groups is 1. The van der Waals surface area contributed by atoms with Gasteiger partial charge in [0, 0.05) is 10.6 Å². The van der Waals surface area contributed by atoms with Gasteiger partial charge in [-0.25, -0.2) is 9.97 Å². The van der Waals surface area contributed by atoms with E-state index in [2.05, 4.69) is 39.7 Å². The summed E-state index contributed by atoms with van der Waals surface area (Å²) in [5.41, 5.74) is 6.05. The highest BCUT2D eigenvalue weighted by molar-refractivity contribution is 7.18. The Morgan fingerprint density at radius 2 is 1.97 bits per heavy atom. The molecule has 30 heavy (non-hydrogen) atoms. The summed E-state index contributed by atoms with van der Waals surface area (Å²) < 4.78 is 0. The molecule has 0 saturated heterocycles. The lowest BCUT2D eigenvalue weighted by atomic mass is 10.2. The molecule has 0 atom stereocenters. The van der Waals surface area contributed by atoms with Gasteiger partial charge in [0.25, 0.3) is 5.91 Å². The average Bonchev–Trinajstić information content (AvgIpc) is 3.03. The third-order valence-corrected chi connectivity index (χ3v) is 6.06. The van der Waals surface area contributed by atoms with Gasteiger partial charge in [-0.05, 0) is 49.2 Å². The summed E-state index contributed by atoms with van der Waals surface area (Å²) in [4.78, 5) is 23.2. The third kappa shape index (κ3) is 4.17. The van der Waals surface area contributed by atoms with Gasteiger partial charge in [0.05, 0.1) is 22.2 Å². The number of hydrogen-bond donors (Lipinski definition) is 2. The minimum atomic E-state index is -0.264. The maximum Gasteiger partial charge on any atom is 0.257 e. The highest BCUT2D eigenvalue weighted by Gasteiger charge is 2.11. The van der Waals surface area contributed by atoms with Crippen molar-refractivity contribution in [1.82, 2.24) is 9.97 Å². The van der Waals surface area contributed by atoms with Crippen molar-refractivity contribution in [2.24, 2.45) is 5.10 Å². The molecule has 1 amide bonds. The number of aryl methyl sites for hydroxylation is 2. The van der Waals surface area contributed by atoms with Crippen molar-refractivity contribution in [3.05, 3.63) is 81.4 Å². The topological polar surface area (TPSA) is 79.3 Å². The van der Waals surface area contributed by atoms with E-state index < -0.39 is 0 Å². The third-order valence-electron chi connectivity index (χ3n) is 4.61. The van der Waals surface area contributed by atoms with Gasteiger partial charge in [0.15, 0.2) is 5.82 Å². The molecule has 4 aromatic rings. The van der Waals surface area contributed by atoms with Crippen LogP contribution >= 0.6 is 22.9 Å². The number of hydrogen-bond acceptors (Lipinski definition) is 6. The Kier molecular flexibility index (Phi) is 5.74. The lowest BCUT2D eigenvalue weighted by Crippen LogP contribution is -2.12. The molecule has 0 spiro atoms. The molecule has 0 aliphatic carbocycles. The van der Waals surface area contributed by atoms with Crippen molar-refractivity contribution in [3.8, 4) is 0 Å². The first-order valence-corrected chi connectivity index (χ1v) is 10.4. The van der Waals surface area contributed by atoms with E-state index in [-0.39, 0.29) is 5.91 Å². The van der Waals surface area contributed by atoms with Crippen LogP contribution in [0.15, 0.2) is 60.0 Å². The second-order valence-electron chi connectivity index (χ2n) is 6.62. The molecular weight excluding hydrogens is 418 g/mol. The van der Waals surface area contributed by atoms with E-state index in [0.29, 0.717) is 22.1 Å². The minimum Gasteiger partial charge on any atom is -0.322 e. The van der Waals surface area contributed by atoms with Crippen LogP contribution in [0.4, 0.5) is 11.5 Å². The number of halogens is 1. The van der Waals surface area contributed by atoms with E-state index in [1.54, 1.807) is 41.8 Å². The van der Waals surface area contributed by atoms with Crippen LogP contribution < -0.4 is 10.7 Å². The Morgan fingerprint density at radius 1 is 1.13 bits per heavy atom. The van der Waals surface area contributed by atoms with Crippen molar-refractivity contribution >= 4 is 56.8 Å². The Bertz CT molecular complexity index is 1270. The number of fused-ring (bicyclic) bond motifs is 1. The van der Waals surface area contributed by atoms with Gasteiger partial charge in [-0.2, -0.15) is 5.10 Å². The number of benzene rings is 2. The molecule has 2 N–H and O–H groups in total. The Morgan fingerprint density at radius 3 is 2.80 bits per heavy atom. The summed E-state index contributed by atoms with van der Waals surface area (Å²) in [6.45, 7) is 4.12. The van der Waals surface area contributed by atoms with Gasteiger partial charge in [-0.3, -0.25) is 10.2 Å². The summed E-state index contributed by atoms with van der Waals surface area (Å²) in [5.74, 6) is 0.403. The van der Waals surface area contributed by atoms with Gasteiger partial charge in [-0.1, -0.05) is 35.9 Å². The number of nitrogens with one attached hydrogen (secondary N) is 2. The molecule has 8 heteroatoms. The van der Waals surface area contributed by atoms with Gasteiger partial charge >= 0.3 is 0 Å². The fourth-order valence-electron chi connectivity index (χ4n) is 2.98. The van der Waals surface area contributed by atoms with Crippen LogP contribution in [0.25, 0.3) is 10.2 Å². The van der Waals surface area contributed by atoms with Crippen LogP contribution in [0.5, 0.6) is 0 Å². The van der Waals surface area contributed by atoms with Crippen LogP contribution in [0, 0.1) is 13.8 Å². The second-order valence-corrected chi connectivity index (χ2v) is 8.23. The van der Waals surface area contributed by atoms with Crippen molar-refractivity contribution in [3.63, 3.8) is 0 Å². The molecule has 2 heterocycles. The summed E-state index contributed by atoms with van der Waals surface area (Å²) in [7, 11) is 0. The number of nitrogens with zero attached hydrogens (tertiary/aromatic N) is 3. The monoisotopic (exact) mass is 435 g/mol. The lowest BCUT2D eigenvalue weighted by Gasteiger charge is -2.07. The fraction of sp³-hybridized carbons (Fsp3) is 0.0909. The number of rotatable bonds is 5. The summed E-state index contributed by atoms with van der Waals surface area (Å²) in [6.07, 6.45) is 3.20. The fourth-order valence-corrected chi connectivity index (χ4v) is 4.19. The Labute approximate surface area is 182 Å². The van der Waals surface area contributed by atoms with Gasteiger partial charge in [0.1, 0.15) is 11.2 Å². The van der Waals surface area contributed by atoms with Crippen molar-refractivity contribution in [2.45, 2.75) is 13.8 Å². The molecule has 2 aromatic heterocycles. The molecule has 0 aliphatic rings. The van der Waals surface area contributed by atoms with Gasteiger partial charge < -0.3 is 5.32 Å². The maximum absolute atomic E-state index is 12.4. The molecule has 0 unspecified atom stereocenters. The van der Waals surface area contributed by atoms with E-state index >= 15 is 0 Å². The zero-order chi connectivity index (χ0) is 21.1. The molecule has 2 aromatic carbocycles. The van der Waals surface area contributed by atoms with Crippen molar-refractivity contribution in [2.75, 3.05) is 10.7 Å². The largest absolute Gasteiger partial charge is 0.322 e. The lowest BCUT2D eigenvalue weighted by molar-refractivity contribution is 0.102. The first-order chi connectivity index (χ1) is 14.5. The maximum atomic E-state index is 12.4. The van der Waals surface area contributed by atoms with Gasteiger partial charge in [-0.15, -0.1) is 11.3 Å². The van der Waals surface area contributed by atoms with E-state index in [1.165, 1.54) is 11.2 Å². The second kappa shape index (κ2) is 8.61. The van der Waals surface area contributed by atoms with Crippen molar-refractivity contribution in [1.29, 1.82) is 0 Å².